The van der Waals surface area contributed by atoms with E-state index >= 15 is 0 Å². The fourth-order valence-corrected chi connectivity index (χ4v) is 3.63. The molecular weight excluding hydrogens is 468 g/mol. The molecule has 0 aliphatic heterocycles. The van der Waals surface area contributed by atoms with E-state index in [0.29, 0.717) is 23.7 Å². The van der Waals surface area contributed by atoms with Crippen LogP contribution >= 0.6 is 0 Å². The highest BCUT2D eigenvalue weighted by molar-refractivity contribution is 5.91. The molecule has 0 N–H and O–H groups in total. The lowest BCUT2D eigenvalue weighted by Crippen LogP contribution is -2.15. The Morgan fingerprint density at radius 3 is 2.05 bits per heavy atom. The van der Waals surface area contributed by atoms with E-state index in [4.69, 9.17) is 14.2 Å². The van der Waals surface area contributed by atoms with Gasteiger partial charge in [-0.25, -0.2) is 19.6 Å². The van der Waals surface area contributed by atoms with Crippen molar-refractivity contribution in [3.05, 3.63) is 72.1 Å². The van der Waals surface area contributed by atoms with Crippen LogP contribution in [0.25, 0.3) is 11.4 Å². The standard InChI is InChI=1S/C30H36N2O5/c1-4-6-8-9-19-35-26-15-11-23(12-16-26)28-31-20-25(21-32-28)30(34)37-27-17-13-24(14-18-27)29(33)36-22(3)10-7-5-2/h11-18,20-22H,4-10,19H2,1-3H3. The van der Waals surface area contributed by atoms with Crippen molar-refractivity contribution >= 4 is 11.9 Å². The zero-order chi connectivity index (χ0) is 26.5. The highest BCUT2D eigenvalue weighted by atomic mass is 16.5. The summed E-state index contributed by atoms with van der Waals surface area (Å²) in [7, 11) is 0. The second kappa shape index (κ2) is 14.7. The van der Waals surface area contributed by atoms with Crippen molar-refractivity contribution in [1.29, 1.82) is 0 Å². The van der Waals surface area contributed by atoms with Crippen molar-refractivity contribution in [3.8, 4) is 22.9 Å². The zero-order valence-corrected chi connectivity index (χ0v) is 21.9. The fraction of sp³-hybridized carbons (Fsp3) is 0.400. The molecule has 0 saturated heterocycles. The summed E-state index contributed by atoms with van der Waals surface area (Å²) in [5, 5.41) is 0. The Balaban J connectivity index is 1.51. The predicted molar refractivity (Wildman–Crippen MR) is 143 cm³/mol. The molecule has 0 spiro atoms. The van der Waals surface area contributed by atoms with E-state index < -0.39 is 11.9 Å². The molecule has 3 rings (SSSR count). The van der Waals surface area contributed by atoms with Crippen molar-refractivity contribution in [1.82, 2.24) is 9.97 Å². The minimum absolute atomic E-state index is 0.139. The van der Waals surface area contributed by atoms with E-state index in [1.807, 2.05) is 31.2 Å². The summed E-state index contributed by atoms with van der Waals surface area (Å²) in [5.41, 5.74) is 1.46. The van der Waals surface area contributed by atoms with Crippen LogP contribution in [0.2, 0.25) is 0 Å². The van der Waals surface area contributed by atoms with E-state index in [1.165, 1.54) is 31.7 Å². The first-order valence-electron chi connectivity index (χ1n) is 13.1. The Hall–Kier alpha value is -3.74. The van der Waals surface area contributed by atoms with Crippen molar-refractivity contribution in [3.63, 3.8) is 0 Å². The van der Waals surface area contributed by atoms with Gasteiger partial charge in [0.25, 0.3) is 0 Å². The number of carbonyl (C=O) groups is 2. The maximum atomic E-state index is 12.5. The lowest BCUT2D eigenvalue weighted by Gasteiger charge is -2.12. The molecule has 0 bridgehead atoms. The molecule has 0 saturated carbocycles. The number of carbonyl (C=O) groups excluding carboxylic acids is 2. The monoisotopic (exact) mass is 504 g/mol. The van der Waals surface area contributed by atoms with E-state index in [2.05, 4.69) is 23.8 Å². The molecule has 0 amide bonds. The summed E-state index contributed by atoms with van der Waals surface area (Å²) in [4.78, 5) is 33.4. The number of aromatic nitrogens is 2. The van der Waals surface area contributed by atoms with Crippen LogP contribution in [0.1, 0.15) is 86.4 Å². The quantitative estimate of drug-likeness (QED) is 0.132. The van der Waals surface area contributed by atoms with Gasteiger partial charge in [-0.05, 0) is 68.3 Å². The SMILES string of the molecule is CCCCCCOc1ccc(-c2ncc(C(=O)Oc3ccc(C(=O)OC(C)CCCC)cc3)cn2)cc1. The summed E-state index contributed by atoms with van der Waals surface area (Å²) < 4.78 is 16.6. The molecule has 0 aliphatic carbocycles. The number of benzene rings is 2. The minimum atomic E-state index is -0.582. The summed E-state index contributed by atoms with van der Waals surface area (Å²) >= 11 is 0. The molecule has 1 unspecified atom stereocenters. The third-order valence-corrected chi connectivity index (χ3v) is 5.84. The molecule has 7 nitrogen and oxygen atoms in total. The van der Waals surface area contributed by atoms with Gasteiger partial charge in [0, 0.05) is 18.0 Å². The Morgan fingerprint density at radius 1 is 0.757 bits per heavy atom. The Morgan fingerprint density at radius 2 is 1.41 bits per heavy atom. The second-order valence-electron chi connectivity index (χ2n) is 9.00. The van der Waals surface area contributed by atoms with Crippen LogP contribution in [0.4, 0.5) is 0 Å². The Labute approximate surface area is 219 Å². The third kappa shape index (κ3) is 9.01. The Bertz CT molecular complexity index is 1110. The molecule has 1 aromatic heterocycles. The number of ether oxygens (including phenoxy) is 3. The van der Waals surface area contributed by atoms with Crippen LogP contribution in [0.5, 0.6) is 11.5 Å². The average molecular weight is 505 g/mol. The smallest absolute Gasteiger partial charge is 0.346 e. The first-order chi connectivity index (χ1) is 18.0. The molecule has 0 radical (unpaired) electrons. The van der Waals surface area contributed by atoms with Crippen LogP contribution < -0.4 is 9.47 Å². The highest BCUT2D eigenvalue weighted by Crippen LogP contribution is 2.20. The topological polar surface area (TPSA) is 87.6 Å². The van der Waals surface area contributed by atoms with Crippen LogP contribution in [0.3, 0.4) is 0 Å². The van der Waals surface area contributed by atoms with Crippen molar-refractivity contribution in [2.45, 2.75) is 71.8 Å². The van der Waals surface area contributed by atoms with Gasteiger partial charge in [0.15, 0.2) is 5.82 Å². The summed E-state index contributed by atoms with van der Waals surface area (Å²) in [6, 6.07) is 13.9. The van der Waals surface area contributed by atoms with Crippen molar-refractivity contribution in [2.24, 2.45) is 0 Å². The largest absolute Gasteiger partial charge is 0.494 e. The van der Waals surface area contributed by atoms with Gasteiger partial charge in [-0.15, -0.1) is 0 Å². The number of unbranched alkanes of at least 4 members (excludes halogenated alkanes) is 4. The molecule has 2 aromatic carbocycles. The highest BCUT2D eigenvalue weighted by Gasteiger charge is 2.14. The van der Waals surface area contributed by atoms with Crippen molar-refractivity contribution in [2.75, 3.05) is 6.61 Å². The van der Waals surface area contributed by atoms with E-state index in [-0.39, 0.29) is 11.7 Å². The lowest BCUT2D eigenvalue weighted by molar-refractivity contribution is 0.0320. The molecule has 7 heteroatoms. The number of hydrogen-bond acceptors (Lipinski definition) is 7. The summed E-state index contributed by atoms with van der Waals surface area (Å²) in [5.74, 6) is 0.654. The molecule has 1 heterocycles. The van der Waals surface area contributed by atoms with E-state index in [1.54, 1.807) is 24.3 Å². The van der Waals surface area contributed by atoms with Gasteiger partial charge in [-0.2, -0.15) is 0 Å². The lowest BCUT2D eigenvalue weighted by atomic mass is 10.2. The maximum absolute atomic E-state index is 12.5. The van der Waals surface area contributed by atoms with Gasteiger partial charge in [-0.1, -0.05) is 46.0 Å². The molecular formula is C30H36N2O5. The van der Waals surface area contributed by atoms with E-state index in [0.717, 1.165) is 37.0 Å². The normalized spacial score (nSPS) is 11.5. The Kier molecular flexibility index (Phi) is 11.1. The molecule has 3 aromatic rings. The zero-order valence-electron chi connectivity index (χ0n) is 21.9. The number of rotatable bonds is 14. The van der Waals surface area contributed by atoms with Crippen LogP contribution in [-0.4, -0.2) is 34.6 Å². The predicted octanol–water partition coefficient (Wildman–Crippen LogP) is 7.06. The molecule has 196 valence electrons. The second-order valence-corrected chi connectivity index (χ2v) is 9.00. The number of hydrogen-bond donors (Lipinski definition) is 0. The van der Waals surface area contributed by atoms with Gasteiger partial charge in [0.1, 0.15) is 11.5 Å². The van der Waals surface area contributed by atoms with Crippen LogP contribution in [-0.2, 0) is 4.74 Å². The van der Waals surface area contributed by atoms with Gasteiger partial charge < -0.3 is 14.2 Å². The molecule has 0 fully saturated rings. The van der Waals surface area contributed by atoms with E-state index in [9.17, 15) is 9.59 Å². The minimum Gasteiger partial charge on any atom is -0.494 e. The first kappa shape index (κ1) is 27.8. The van der Waals surface area contributed by atoms with Crippen LogP contribution in [0.15, 0.2) is 60.9 Å². The van der Waals surface area contributed by atoms with Gasteiger partial charge in [-0.3, -0.25) is 0 Å². The summed E-state index contributed by atoms with van der Waals surface area (Å²) in [6.45, 7) is 6.88. The summed E-state index contributed by atoms with van der Waals surface area (Å²) in [6.07, 6.45) is 10.3. The maximum Gasteiger partial charge on any atom is 0.346 e. The van der Waals surface area contributed by atoms with Crippen molar-refractivity contribution < 1.29 is 23.8 Å². The number of esters is 2. The number of nitrogens with zero attached hydrogens (tertiary/aromatic N) is 2. The van der Waals surface area contributed by atoms with Gasteiger partial charge in [0.2, 0.25) is 0 Å². The van der Waals surface area contributed by atoms with Gasteiger partial charge >= 0.3 is 11.9 Å². The molecule has 37 heavy (non-hydrogen) atoms. The van der Waals surface area contributed by atoms with Gasteiger partial charge in [0.05, 0.1) is 23.8 Å². The molecule has 0 aliphatic rings. The first-order valence-corrected chi connectivity index (χ1v) is 13.1. The average Bonchev–Trinajstić information content (AvgIpc) is 2.92. The third-order valence-electron chi connectivity index (χ3n) is 5.84. The molecule has 1 atom stereocenters. The van der Waals surface area contributed by atoms with Crippen LogP contribution in [0, 0.1) is 0 Å². The fourth-order valence-electron chi connectivity index (χ4n) is 3.63.